The van der Waals surface area contributed by atoms with Crippen LogP contribution in [0.25, 0.3) is 11.3 Å². The monoisotopic (exact) mass is 356 g/mol. The summed E-state index contributed by atoms with van der Waals surface area (Å²) in [5, 5.41) is 9.48. The SMILES string of the molecule is C=CCn1c(SCc2ncc(-c3ccc(F)cc3)o2)nnc1C1CC1. The van der Waals surface area contributed by atoms with E-state index in [9.17, 15) is 4.39 Å². The topological polar surface area (TPSA) is 56.7 Å². The van der Waals surface area contributed by atoms with Gasteiger partial charge in [-0.1, -0.05) is 17.8 Å². The molecule has 7 heteroatoms. The van der Waals surface area contributed by atoms with Gasteiger partial charge < -0.3 is 8.98 Å². The van der Waals surface area contributed by atoms with Crippen LogP contribution >= 0.6 is 11.8 Å². The van der Waals surface area contributed by atoms with Crippen molar-refractivity contribution in [2.75, 3.05) is 0 Å². The molecule has 0 unspecified atom stereocenters. The number of oxazole rings is 1. The molecule has 0 saturated heterocycles. The second-order valence-electron chi connectivity index (χ2n) is 5.93. The quantitative estimate of drug-likeness (QED) is 0.463. The third-order valence-electron chi connectivity index (χ3n) is 4.01. The molecule has 1 aliphatic rings. The van der Waals surface area contributed by atoms with Gasteiger partial charge in [-0.05, 0) is 37.1 Å². The Morgan fingerprint density at radius 2 is 2.08 bits per heavy atom. The first-order valence-electron chi connectivity index (χ1n) is 8.12. The number of hydrogen-bond donors (Lipinski definition) is 0. The standard InChI is InChI=1S/C18H17FN4OS/c1-2-9-23-17(13-3-4-13)21-22-18(23)25-11-16-20-10-15(24-16)12-5-7-14(19)8-6-12/h2,5-8,10,13H,1,3-4,9,11H2. The molecule has 2 heterocycles. The molecule has 0 amide bonds. The molecule has 0 atom stereocenters. The number of rotatable bonds is 7. The van der Waals surface area contributed by atoms with Crippen molar-refractivity contribution in [3.63, 3.8) is 0 Å². The lowest BCUT2D eigenvalue weighted by molar-refractivity contribution is 0.529. The van der Waals surface area contributed by atoms with Crippen molar-refractivity contribution in [1.82, 2.24) is 19.7 Å². The molecule has 1 saturated carbocycles. The van der Waals surface area contributed by atoms with Crippen molar-refractivity contribution < 1.29 is 8.81 Å². The fraction of sp³-hybridized carbons (Fsp3) is 0.278. The van der Waals surface area contributed by atoms with E-state index < -0.39 is 0 Å². The van der Waals surface area contributed by atoms with E-state index in [-0.39, 0.29) is 5.82 Å². The first-order valence-corrected chi connectivity index (χ1v) is 9.10. The van der Waals surface area contributed by atoms with Crippen molar-refractivity contribution in [3.8, 4) is 11.3 Å². The van der Waals surface area contributed by atoms with Crippen LogP contribution in [0.2, 0.25) is 0 Å². The number of aromatic nitrogens is 4. The van der Waals surface area contributed by atoms with E-state index in [1.165, 1.54) is 25.0 Å². The van der Waals surface area contributed by atoms with Crippen LogP contribution in [0.15, 0.2) is 52.7 Å². The second kappa shape index (κ2) is 6.84. The number of hydrogen-bond acceptors (Lipinski definition) is 5. The Morgan fingerprint density at radius 3 is 2.80 bits per heavy atom. The third kappa shape index (κ3) is 3.51. The van der Waals surface area contributed by atoms with Crippen molar-refractivity contribution in [2.45, 2.75) is 36.2 Å². The molecule has 3 aromatic rings. The number of nitrogens with zero attached hydrogens (tertiary/aromatic N) is 4. The summed E-state index contributed by atoms with van der Waals surface area (Å²) >= 11 is 1.54. The first-order chi connectivity index (χ1) is 12.2. The minimum Gasteiger partial charge on any atom is -0.440 e. The van der Waals surface area contributed by atoms with E-state index in [1.54, 1.807) is 30.1 Å². The minimum absolute atomic E-state index is 0.271. The van der Waals surface area contributed by atoms with Gasteiger partial charge in [0.25, 0.3) is 0 Å². The molecule has 1 fully saturated rings. The molecule has 25 heavy (non-hydrogen) atoms. The molecule has 0 bridgehead atoms. The minimum atomic E-state index is -0.271. The van der Waals surface area contributed by atoms with Crippen LogP contribution in [0, 0.1) is 5.82 Å². The van der Waals surface area contributed by atoms with Crippen LogP contribution in [-0.4, -0.2) is 19.7 Å². The zero-order valence-corrected chi connectivity index (χ0v) is 14.4. The molecule has 0 aliphatic heterocycles. The van der Waals surface area contributed by atoms with Crippen LogP contribution in [0.4, 0.5) is 4.39 Å². The van der Waals surface area contributed by atoms with Gasteiger partial charge in [0.15, 0.2) is 10.9 Å². The van der Waals surface area contributed by atoms with E-state index in [0.717, 1.165) is 16.5 Å². The lowest BCUT2D eigenvalue weighted by Crippen LogP contribution is -2.02. The fourth-order valence-electron chi connectivity index (χ4n) is 2.60. The Kier molecular flexibility index (Phi) is 4.40. The summed E-state index contributed by atoms with van der Waals surface area (Å²) in [4.78, 5) is 4.30. The van der Waals surface area contributed by atoms with Crippen LogP contribution in [-0.2, 0) is 12.3 Å². The van der Waals surface area contributed by atoms with Gasteiger partial charge in [-0.3, -0.25) is 0 Å². The van der Waals surface area contributed by atoms with Crippen LogP contribution in [0.5, 0.6) is 0 Å². The van der Waals surface area contributed by atoms with E-state index in [1.807, 2.05) is 6.08 Å². The van der Waals surface area contributed by atoms with Gasteiger partial charge in [0.1, 0.15) is 11.6 Å². The number of thioether (sulfide) groups is 1. The van der Waals surface area contributed by atoms with E-state index in [0.29, 0.717) is 29.9 Å². The normalized spacial score (nSPS) is 14.0. The molecule has 0 radical (unpaired) electrons. The molecular formula is C18H17FN4OS. The smallest absolute Gasteiger partial charge is 0.205 e. The highest BCUT2D eigenvalue weighted by Crippen LogP contribution is 2.40. The predicted molar refractivity (Wildman–Crippen MR) is 93.7 cm³/mol. The number of halogens is 1. The van der Waals surface area contributed by atoms with Crippen LogP contribution < -0.4 is 0 Å². The summed E-state index contributed by atoms with van der Waals surface area (Å²) in [5.41, 5.74) is 0.802. The molecular weight excluding hydrogens is 339 g/mol. The van der Waals surface area contributed by atoms with Gasteiger partial charge >= 0.3 is 0 Å². The molecule has 2 aromatic heterocycles. The average molecular weight is 356 g/mol. The highest BCUT2D eigenvalue weighted by molar-refractivity contribution is 7.98. The molecule has 1 aliphatic carbocycles. The molecule has 4 rings (SSSR count). The number of benzene rings is 1. The molecule has 5 nitrogen and oxygen atoms in total. The van der Waals surface area contributed by atoms with E-state index in [4.69, 9.17) is 4.42 Å². The van der Waals surface area contributed by atoms with Crippen molar-refractivity contribution >= 4 is 11.8 Å². The van der Waals surface area contributed by atoms with Crippen molar-refractivity contribution in [1.29, 1.82) is 0 Å². The van der Waals surface area contributed by atoms with E-state index >= 15 is 0 Å². The van der Waals surface area contributed by atoms with Gasteiger partial charge in [-0.2, -0.15) is 0 Å². The van der Waals surface area contributed by atoms with Crippen molar-refractivity contribution in [3.05, 3.63) is 60.6 Å². The average Bonchev–Trinajstić information content (AvgIpc) is 3.22. The van der Waals surface area contributed by atoms with E-state index in [2.05, 4.69) is 26.3 Å². The first kappa shape index (κ1) is 16.1. The maximum Gasteiger partial charge on any atom is 0.205 e. The Morgan fingerprint density at radius 1 is 1.28 bits per heavy atom. The molecule has 0 spiro atoms. The fourth-order valence-corrected chi connectivity index (χ4v) is 3.41. The molecule has 0 N–H and O–H groups in total. The molecule has 128 valence electrons. The van der Waals surface area contributed by atoms with Gasteiger partial charge in [0, 0.05) is 18.0 Å². The number of allylic oxidation sites excluding steroid dienone is 1. The highest BCUT2D eigenvalue weighted by atomic mass is 32.2. The Balaban J connectivity index is 1.47. The Hall–Kier alpha value is -2.41. The Labute approximate surface area is 149 Å². The van der Waals surface area contributed by atoms with Gasteiger partial charge in [0.2, 0.25) is 5.89 Å². The van der Waals surface area contributed by atoms with Gasteiger partial charge in [-0.25, -0.2) is 9.37 Å². The predicted octanol–water partition coefficient (Wildman–Crippen LogP) is 4.43. The lowest BCUT2D eigenvalue weighted by atomic mass is 10.2. The summed E-state index contributed by atoms with van der Waals surface area (Å²) in [5.74, 6) is 3.09. The second-order valence-corrected chi connectivity index (χ2v) is 6.87. The summed E-state index contributed by atoms with van der Waals surface area (Å²) in [6.07, 6.45) is 5.88. The Bertz CT molecular complexity index is 883. The van der Waals surface area contributed by atoms with Crippen molar-refractivity contribution in [2.24, 2.45) is 0 Å². The van der Waals surface area contributed by atoms with Gasteiger partial charge in [0.05, 0.1) is 11.9 Å². The van der Waals surface area contributed by atoms with Gasteiger partial charge in [-0.15, -0.1) is 16.8 Å². The summed E-state index contributed by atoms with van der Waals surface area (Å²) in [6.45, 7) is 4.52. The highest BCUT2D eigenvalue weighted by Gasteiger charge is 2.30. The third-order valence-corrected chi connectivity index (χ3v) is 4.96. The molecule has 1 aromatic carbocycles. The summed E-state index contributed by atoms with van der Waals surface area (Å²) < 4.78 is 20.9. The maximum atomic E-state index is 13.0. The summed E-state index contributed by atoms with van der Waals surface area (Å²) in [7, 11) is 0. The maximum absolute atomic E-state index is 13.0. The van der Waals surface area contributed by atoms with Crippen LogP contribution in [0.1, 0.15) is 30.5 Å². The lowest BCUT2D eigenvalue weighted by Gasteiger charge is -2.05. The zero-order valence-electron chi connectivity index (χ0n) is 13.6. The largest absolute Gasteiger partial charge is 0.440 e. The zero-order chi connectivity index (χ0) is 17.2. The van der Waals surface area contributed by atoms with Crippen LogP contribution in [0.3, 0.4) is 0 Å². The summed E-state index contributed by atoms with van der Waals surface area (Å²) in [6, 6.07) is 6.16.